The molecule has 0 fully saturated rings. The first-order chi connectivity index (χ1) is 16.6. The molecule has 0 radical (unpaired) electrons. The lowest BCUT2D eigenvalue weighted by Gasteiger charge is -2.25. The standard InChI is InChI=1S/C26H23N3O4S/c1-3-32-19-13-9-16(10-14-19)22-21-23(28-27-22)25(30)29(24(21)20-6-5-15-34-20)18-11-7-17(8-12-18)26(31)33-4-2/h5-15,24H,3-4H2,1-2H3,(H,27,28)/t24-/m1/s1. The van der Waals surface area contributed by atoms with Crippen LogP contribution in [0.1, 0.15) is 51.2 Å². The van der Waals surface area contributed by atoms with Gasteiger partial charge in [0.25, 0.3) is 5.91 Å². The molecule has 1 aliphatic rings. The minimum Gasteiger partial charge on any atom is -0.494 e. The number of amides is 1. The number of carbonyl (C=O) groups is 2. The summed E-state index contributed by atoms with van der Waals surface area (Å²) in [5, 5.41) is 9.48. The number of fused-ring (bicyclic) bond motifs is 1. The zero-order chi connectivity index (χ0) is 23.7. The van der Waals surface area contributed by atoms with Gasteiger partial charge in [0, 0.05) is 21.7 Å². The number of hydrogen-bond donors (Lipinski definition) is 1. The van der Waals surface area contributed by atoms with Crippen molar-refractivity contribution in [2.45, 2.75) is 19.9 Å². The van der Waals surface area contributed by atoms with Crippen molar-refractivity contribution in [3.8, 4) is 17.0 Å². The van der Waals surface area contributed by atoms with E-state index >= 15 is 0 Å². The first kappa shape index (κ1) is 21.9. The van der Waals surface area contributed by atoms with Crippen molar-refractivity contribution in [3.63, 3.8) is 0 Å². The molecule has 172 valence electrons. The predicted octanol–water partition coefficient (Wildman–Crippen LogP) is 5.46. The number of thiophene rings is 1. The Morgan fingerprint density at radius 2 is 1.82 bits per heavy atom. The van der Waals surface area contributed by atoms with Gasteiger partial charge in [-0.15, -0.1) is 11.3 Å². The molecule has 2 aromatic carbocycles. The molecule has 0 saturated heterocycles. The maximum atomic E-state index is 13.6. The number of H-pyrrole nitrogens is 1. The van der Waals surface area contributed by atoms with Crippen molar-refractivity contribution in [1.29, 1.82) is 0 Å². The van der Waals surface area contributed by atoms with Crippen LogP contribution >= 0.6 is 11.3 Å². The van der Waals surface area contributed by atoms with E-state index in [0.717, 1.165) is 27.4 Å². The van der Waals surface area contributed by atoms with Crippen LogP contribution < -0.4 is 9.64 Å². The quantitative estimate of drug-likeness (QED) is 0.360. The number of nitrogens with one attached hydrogen (secondary N) is 1. The molecule has 7 nitrogen and oxygen atoms in total. The SMILES string of the molecule is CCOC(=O)c1ccc(N2C(=O)c3[nH]nc(-c4ccc(OCC)cc4)c3[C@H]2c2cccs2)cc1. The topological polar surface area (TPSA) is 84.5 Å². The van der Waals surface area contributed by atoms with Gasteiger partial charge in [0.15, 0.2) is 0 Å². The third-order valence-electron chi connectivity index (χ3n) is 5.68. The molecular formula is C26H23N3O4S. The van der Waals surface area contributed by atoms with Gasteiger partial charge >= 0.3 is 5.97 Å². The Bertz CT molecular complexity index is 1310. The van der Waals surface area contributed by atoms with Crippen LogP contribution in [-0.2, 0) is 4.74 Å². The number of aromatic amines is 1. The molecule has 4 aromatic rings. The van der Waals surface area contributed by atoms with E-state index in [1.807, 2.05) is 48.7 Å². The zero-order valence-electron chi connectivity index (χ0n) is 18.8. The second kappa shape index (κ2) is 9.15. The summed E-state index contributed by atoms with van der Waals surface area (Å²) < 4.78 is 10.6. The number of rotatable bonds is 7. The van der Waals surface area contributed by atoms with E-state index in [1.54, 1.807) is 47.4 Å². The number of nitrogens with zero attached hydrogens (tertiary/aromatic N) is 2. The number of benzene rings is 2. The highest BCUT2D eigenvalue weighted by atomic mass is 32.1. The Balaban J connectivity index is 1.56. The minimum absolute atomic E-state index is 0.165. The molecule has 1 amide bonds. The lowest BCUT2D eigenvalue weighted by Crippen LogP contribution is -2.28. The van der Waals surface area contributed by atoms with Gasteiger partial charge < -0.3 is 9.47 Å². The number of hydrogen-bond acceptors (Lipinski definition) is 6. The van der Waals surface area contributed by atoms with Crippen molar-refractivity contribution in [2.24, 2.45) is 0 Å². The number of aromatic nitrogens is 2. The summed E-state index contributed by atoms with van der Waals surface area (Å²) >= 11 is 1.59. The van der Waals surface area contributed by atoms with E-state index in [0.29, 0.717) is 30.2 Å². The molecule has 5 rings (SSSR count). The van der Waals surface area contributed by atoms with E-state index in [-0.39, 0.29) is 17.9 Å². The molecule has 0 spiro atoms. The Morgan fingerprint density at radius 3 is 2.47 bits per heavy atom. The van der Waals surface area contributed by atoms with Gasteiger partial charge in [-0.1, -0.05) is 6.07 Å². The minimum atomic E-state index is -0.385. The number of ether oxygens (including phenoxy) is 2. The largest absolute Gasteiger partial charge is 0.494 e. The van der Waals surface area contributed by atoms with E-state index in [1.165, 1.54) is 0 Å². The number of anilines is 1. The van der Waals surface area contributed by atoms with Gasteiger partial charge in [0.2, 0.25) is 0 Å². The molecule has 34 heavy (non-hydrogen) atoms. The van der Waals surface area contributed by atoms with Crippen LogP contribution in [0, 0.1) is 0 Å². The molecule has 8 heteroatoms. The van der Waals surface area contributed by atoms with E-state index in [9.17, 15) is 9.59 Å². The molecule has 0 bridgehead atoms. The van der Waals surface area contributed by atoms with E-state index in [2.05, 4.69) is 10.2 Å². The molecule has 0 aliphatic carbocycles. The van der Waals surface area contributed by atoms with Crippen molar-refractivity contribution in [2.75, 3.05) is 18.1 Å². The highest BCUT2D eigenvalue weighted by Crippen LogP contribution is 2.46. The zero-order valence-corrected chi connectivity index (χ0v) is 19.6. The van der Waals surface area contributed by atoms with Crippen LogP contribution in [0.25, 0.3) is 11.3 Å². The van der Waals surface area contributed by atoms with Crippen LogP contribution in [-0.4, -0.2) is 35.3 Å². The van der Waals surface area contributed by atoms with Gasteiger partial charge in [-0.05, 0) is 73.8 Å². The third kappa shape index (κ3) is 3.76. The van der Waals surface area contributed by atoms with Crippen LogP contribution in [0.5, 0.6) is 5.75 Å². The Kier molecular flexibility index (Phi) is 5.90. The maximum Gasteiger partial charge on any atom is 0.338 e. The third-order valence-corrected chi connectivity index (χ3v) is 6.60. The van der Waals surface area contributed by atoms with Crippen LogP contribution in [0.15, 0.2) is 66.0 Å². The molecule has 2 aromatic heterocycles. The summed E-state index contributed by atoms with van der Waals surface area (Å²) in [4.78, 5) is 28.4. The smallest absolute Gasteiger partial charge is 0.338 e. The highest BCUT2D eigenvalue weighted by Gasteiger charge is 2.43. The van der Waals surface area contributed by atoms with Crippen LogP contribution in [0.3, 0.4) is 0 Å². The van der Waals surface area contributed by atoms with Crippen molar-refractivity contribution in [3.05, 3.63) is 87.7 Å². The molecule has 1 atom stereocenters. The summed E-state index contributed by atoms with van der Waals surface area (Å²) in [6.07, 6.45) is 0. The lowest BCUT2D eigenvalue weighted by atomic mass is 10.0. The fourth-order valence-corrected chi connectivity index (χ4v) is 5.02. The summed E-state index contributed by atoms with van der Waals surface area (Å²) in [5.74, 6) is 0.235. The van der Waals surface area contributed by atoms with Gasteiger partial charge in [-0.3, -0.25) is 14.8 Å². The first-order valence-electron chi connectivity index (χ1n) is 11.1. The molecule has 1 aliphatic heterocycles. The molecule has 1 N–H and O–H groups in total. The van der Waals surface area contributed by atoms with Gasteiger partial charge in [-0.2, -0.15) is 5.10 Å². The summed E-state index contributed by atoms with van der Waals surface area (Å²) in [6, 6.07) is 18.3. The first-order valence-corrected chi connectivity index (χ1v) is 12.0. The van der Waals surface area contributed by atoms with Gasteiger partial charge in [0.1, 0.15) is 17.5 Å². The Labute approximate surface area is 200 Å². The fourth-order valence-electron chi connectivity index (χ4n) is 4.20. The summed E-state index contributed by atoms with van der Waals surface area (Å²) in [5.41, 5.74) is 4.08. The second-order valence-corrected chi connectivity index (χ2v) is 8.66. The van der Waals surface area contributed by atoms with Gasteiger partial charge in [-0.25, -0.2) is 4.79 Å². The Morgan fingerprint density at radius 1 is 1.06 bits per heavy atom. The monoisotopic (exact) mass is 473 g/mol. The van der Waals surface area contributed by atoms with E-state index in [4.69, 9.17) is 9.47 Å². The predicted molar refractivity (Wildman–Crippen MR) is 131 cm³/mol. The van der Waals surface area contributed by atoms with Crippen LogP contribution in [0.4, 0.5) is 5.69 Å². The fraction of sp³-hybridized carbons (Fsp3) is 0.192. The average Bonchev–Trinajstić information content (AvgIpc) is 3.58. The summed E-state index contributed by atoms with van der Waals surface area (Å²) in [7, 11) is 0. The van der Waals surface area contributed by atoms with E-state index < -0.39 is 0 Å². The van der Waals surface area contributed by atoms with Crippen LogP contribution in [0.2, 0.25) is 0 Å². The lowest BCUT2D eigenvalue weighted by molar-refractivity contribution is 0.0526. The van der Waals surface area contributed by atoms with Crippen molar-refractivity contribution < 1.29 is 19.1 Å². The molecule has 0 saturated carbocycles. The normalized spacial score (nSPS) is 14.8. The van der Waals surface area contributed by atoms with Gasteiger partial charge in [0.05, 0.1) is 24.5 Å². The number of esters is 1. The molecular weight excluding hydrogens is 450 g/mol. The maximum absolute atomic E-state index is 13.6. The summed E-state index contributed by atoms with van der Waals surface area (Å²) in [6.45, 7) is 4.61. The molecule has 0 unspecified atom stereocenters. The highest BCUT2D eigenvalue weighted by molar-refractivity contribution is 7.10. The van der Waals surface area contributed by atoms with Crippen molar-refractivity contribution >= 4 is 28.9 Å². The Hall–Kier alpha value is -3.91. The van der Waals surface area contributed by atoms with Crippen molar-refractivity contribution in [1.82, 2.24) is 10.2 Å². The second-order valence-electron chi connectivity index (χ2n) is 7.68. The number of carbonyl (C=O) groups excluding carboxylic acids is 2. The molecule has 3 heterocycles. The average molecular weight is 474 g/mol.